The van der Waals surface area contributed by atoms with Gasteiger partial charge in [0.2, 0.25) is 5.95 Å². The standard InChI is InChI=1S/C10H9ClFN3/c11-8-1-3-9(4-2-8)15-10(12)7(5-13)6-14-15/h1-4,6H,5,13H2. The fourth-order valence-electron chi connectivity index (χ4n) is 1.27. The fourth-order valence-corrected chi connectivity index (χ4v) is 1.39. The Bertz CT molecular complexity index is 464. The van der Waals surface area contributed by atoms with Crippen LogP contribution in [0.15, 0.2) is 30.5 Å². The summed E-state index contributed by atoms with van der Waals surface area (Å²) in [5.41, 5.74) is 6.37. The lowest BCUT2D eigenvalue weighted by atomic mass is 10.3. The zero-order valence-electron chi connectivity index (χ0n) is 7.82. The molecule has 0 atom stereocenters. The molecule has 0 aliphatic carbocycles. The van der Waals surface area contributed by atoms with E-state index >= 15 is 0 Å². The molecule has 0 radical (unpaired) electrons. The van der Waals surface area contributed by atoms with Crippen molar-refractivity contribution in [2.45, 2.75) is 6.54 Å². The van der Waals surface area contributed by atoms with E-state index in [4.69, 9.17) is 17.3 Å². The Labute approximate surface area is 91.3 Å². The molecule has 0 aliphatic rings. The van der Waals surface area contributed by atoms with E-state index in [1.165, 1.54) is 10.9 Å². The molecule has 2 N–H and O–H groups in total. The third-order valence-electron chi connectivity index (χ3n) is 2.07. The molecule has 0 fully saturated rings. The largest absolute Gasteiger partial charge is 0.326 e. The zero-order valence-corrected chi connectivity index (χ0v) is 8.58. The Kier molecular flexibility index (Phi) is 2.70. The van der Waals surface area contributed by atoms with Crippen LogP contribution < -0.4 is 5.73 Å². The van der Waals surface area contributed by atoms with Gasteiger partial charge in [-0.25, -0.2) is 4.68 Å². The van der Waals surface area contributed by atoms with Gasteiger partial charge >= 0.3 is 0 Å². The third kappa shape index (κ3) is 1.86. The van der Waals surface area contributed by atoms with Crippen LogP contribution in [0, 0.1) is 5.95 Å². The van der Waals surface area contributed by atoms with E-state index in [2.05, 4.69) is 5.10 Å². The monoisotopic (exact) mass is 225 g/mol. The number of hydrogen-bond donors (Lipinski definition) is 1. The maximum atomic E-state index is 13.6. The Morgan fingerprint density at radius 1 is 1.33 bits per heavy atom. The molecule has 0 spiro atoms. The zero-order chi connectivity index (χ0) is 10.8. The van der Waals surface area contributed by atoms with Gasteiger partial charge in [-0.3, -0.25) is 0 Å². The smallest absolute Gasteiger partial charge is 0.220 e. The minimum Gasteiger partial charge on any atom is -0.326 e. The van der Waals surface area contributed by atoms with Gasteiger partial charge in [0.05, 0.1) is 11.9 Å². The van der Waals surface area contributed by atoms with Crippen LogP contribution in [-0.2, 0) is 6.54 Å². The fraction of sp³-hybridized carbons (Fsp3) is 0.100. The highest BCUT2D eigenvalue weighted by atomic mass is 35.5. The van der Waals surface area contributed by atoms with Gasteiger partial charge < -0.3 is 5.73 Å². The molecule has 0 amide bonds. The number of hydrogen-bond acceptors (Lipinski definition) is 2. The summed E-state index contributed by atoms with van der Waals surface area (Å²) in [5.74, 6) is -0.431. The quantitative estimate of drug-likeness (QED) is 0.851. The highest BCUT2D eigenvalue weighted by molar-refractivity contribution is 6.30. The molecule has 0 bridgehead atoms. The lowest BCUT2D eigenvalue weighted by Crippen LogP contribution is -2.02. The Hall–Kier alpha value is -1.39. The normalized spacial score (nSPS) is 10.6. The van der Waals surface area contributed by atoms with Crippen LogP contribution >= 0.6 is 11.6 Å². The van der Waals surface area contributed by atoms with E-state index < -0.39 is 5.95 Å². The lowest BCUT2D eigenvalue weighted by Gasteiger charge is -2.02. The van der Waals surface area contributed by atoms with Gasteiger partial charge in [0.25, 0.3) is 0 Å². The van der Waals surface area contributed by atoms with Gasteiger partial charge in [0, 0.05) is 17.1 Å². The van der Waals surface area contributed by atoms with Crippen molar-refractivity contribution < 1.29 is 4.39 Å². The number of aromatic nitrogens is 2. The molecule has 1 heterocycles. The minimum atomic E-state index is -0.431. The van der Waals surface area contributed by atoms with Crippen molar-refractivity contribution in [1.82, 2.24) is 9.78 Å². The van der Waals surface area contributed by atoms with Crippen LogP contribution in [0.2, 0.25) is 5.02 Å². The molecule has 15 heavy (non-hydrogen) atoms. The first kappa shape index (κ1) is 10.1. The molecule has 78 valence electrons. The number of nitrogens with zero attached hydrogens (tertiary/aromatic N) is 2. The van der Waals surface area contributed by atoms with Crippen molar-refractivity contribution in [3.8, 4) is 5.69 Å². The Morgan fingerprint density at radius 2 is 2.00 bits per heavy atom. The molecule has 1 aromatic carbocycles. The Balaban J connectivity index is 2.45. The van der Waals surface area contributed by atoms with Gasteiger partial charge in [-0.1, -0.05) is 11.6 Å². The van der Waals surface area contributed by atoms with Gasteiger partial charge in [0.1, 0.15) is 0 Å². The molecule has 2 rings (SSSR count). The number of rotatable bonds is 2. The molecule has 0 unspecified atom stereocenters. The maximum absolute atomic E-state index is 13.6. The summed E-state index contributed by atoms with van der Waals surface area (Å²) in [7, 11) is 0. The predicted molar refractivity (Wildman–Crippen MR) is 56.4 cm³/mol. The van der Waals surface area contributed by atoms with Crippen molar-refractivity contribution in [2.75, 3.05) is 0 Å². The summed E-state index contributed by atoms with van der Waals surface area (Å²) in [4.78, 5) is 0. The topological polar surface area (TPSA) is 43.8 Å². The van der Waals surface area contributed by atoms with E-state index in [0.717, 1.165) is 0 Å². The second kappa shape index (κ2) is 4.00. The number of nitrogens with two attached hydrogens (primary N) is 1. The molecular formula is C10H9ClFN3. The summed E-state index contributed by atoms with van der Waals surface area (Å²) >= 11 is 5.73. The summed E-state index contributed by atoms with van der Waals surface area (Å²) < 4.78 is 14.8. The molecule has 2 aromatic rings. The van der Waals surface area contributed by atoms with Crippen LogP contribution in [0.5, 0.6) is 0 Å². The van der Waals surface area contributed by atoms with Crippen LogP contribution in [0.1, 0.15) is 5.56 Å². The summed E-state index contributed by atoms with van der Waals surface area (Å²) in [6.45, 7) is 0.138. The average Bonchev–Trinajstić information content (AvgIpc) is 2.61. The second-order valence-corrected chi connectivity index (χ2v) is 3.49. The van der Waals surface area contributed by atoms with Gasteiger partial charge in [-0.2, -0.15) is 9.49 Å². The first-order chi connectivity index (χ1) is 7.22. The molecular weight excluding hydrogens is 217 g/mol. The SMILES string of the molecule is NCc1cnn(-c2ccc(Cl)cc2)c1F. The average molecular weight is 226 g/mol. The third-order valence-corrected chi connectivity index (χ3v) is 2.32. The lowest BCUT2D eigenvalue weighted by molar-refractivity contribution is 0.526. The maximum Gasteiger partial charge on any atom is 0.220 e. The molecule has 0 saturated heterocycles. The molecule has 1 aromatic heterocycles. The van der Waals surface area contributed by atoms with Crippen molar-refractivity contribution >= 4 is 11.6 Å². The molecule has 0 saturated carbocycles. The molecule has 0 aliphatic heterocycles. The summed E-state index contributed by atoms with van der Waals surface area (Å²) in [6.07, 6.45) is 1.42. The minimum absolute atomic E-state index is 0.138. The molecule has 3 nitrogen and oxygen atoms in total. The highest BCUT2D eigenvalue weighted by Gasteiger charge is 2.09. The van der Waals surface area contributed by atoms with Crippen molar-refractivity contribution in [2.24, 2.45) is 5.73 Å². The summed E-state index contributed by atoms with van der Waals surface area (Å²) in [6, 6.07) is 6.75. The van der Waals surface area contributed by atoms with Gasteiger partial charge in [-0.15, -0.1) is 0 Å². The van der Waals surface area contributed by atoms with Crippen LogP contribution in [0.4, 0.5) is 4.39 Å². The first-order valence-electron chi connectivity index (χ1n) is 4.41. The van der Waals surface area contributed by atoms with Crippen molar-refractivity contribution in [3.63, 3.8) is 0 Å². The molecule has 5 heteroatoms. The first-order valence-corrected chi connectivity index (χ1v) is 4.78. The van der Waals surface area contributed by atoms with E-state index in [0.29, 0.717) is 16.3 Å². The highest BCUT2D eigenvalue weighted by Crippen LogP contribution is 2.15. The van der Waals surface area contributed by atoms with E-state index in [-0.39, 0.29) is 6.54 Å². The van der Waals surface area contributed by atoms with Crippen molar-refractivity contribution in [3.05, 3.63) is 47.0 Å². The predicted octanol–water partition coefficient (Wildman–Crippen LogP) is 2.12. The van der Waals surface area contributed by atoms with E-state index in [1.807, 2.05) is 0 Å². The van der Waals surface area contributed by atoms with E-state index in [9.17, 15) is 4.39 Å². The van der Waals surface area contributed by atoms with Crippen molar-refractivity contribution in [1.29, 1.82) is 0 Å². The number of benzene rings is 1. The van der Waals surface area contributed by atoms with Crippen LogP contribution in [0.25, 0.3) is 5.69 Å². The van der Waals surface area contributed by atoms with Gasteiger partial charge in [-0.05, 0) is 24.3 Å². The van der Waals surface area contributed by atoms with Crippen LogP contribution in [0.3, 0.4) is 0 Å². The van der Waals surface area contributed by atoms with Gasteiger partial charge in [0.15, 0.2) is 0 Å². The Morgan fingerprint density at radius 3 is 2.53 bits per heavy atom. The number of halogens is 2. The van der Waals surface area contributed by atoms with E-state index in [1.54, 1.807) is 24.3 Å². The summed E-state index contributed by atoms with van der Waals surface area (Å²) in [5, 5.41) is 4.51. The van der Waals surface area contributed by atoms with Crippen LogP contribution in [-0.4, -0.2) is 9.78 Å². The second-order valence-electron chi connectivity index (χ2n) is 3.05.